The molecule has 16 heavy (non-hydrogen) atoms. The molecular weight excluding hydrogens is 204 g/mol. The third-order valence-electron chi connectivity index (χ3n) is 3.11. The fraction of sp³-hybridized carbons (Fsp3) is 0.385. The summed E-state index contributed by atoms with van der Waals surface area (Å²) in [5.41, 5.74) is 1.34. The second kappa shape index (κ2) is 4.47. The van der Waals surface area contributed by atoms with Crippen molar-refractivity contribution < 1.29 is 14.7 Å². The molecule has 1 unspecified atom stereocenters. The lowest BCUT2D eigenvalue weighted by molar-refractivity contribution is -0.120. The highest BCUT2D eigenvalue weighted by molar-refractivity contribution is 5.87. The normalized spacial score (nSPS) is 20.0. The van der Waals surface area contributed by atoms with E-state index >= 15 is 0 Å². The Morgan fingerprint density at radius 1 is 1.31 bits per heavy atom. The molecule has 1 fully saturated rings. The molecule has 0 amide bonds. The Bertz CT molecular complexity index is 406. The van der Waals surface area contributed by atoms with Crippen LogP contribution in [0.3, 0.4) is 0 Å². The molecule has 84 valence electrons. The maximum Gasteiger partial charge on any atom is 0.335 e. The summed E-state index contributed by atoms with van der Waals surface area (Å²) >= 11 is 0. The molecule has 1 aliphatic carbocycles. The van der Waals surface area contributed by atoms with Gasteiger partial charge in [-0.25, -0.2) is 4.79 Å². The predicted molar refractivity (Wildman–Crippen MR) is 59.5 cm³/mol. The summed E-state index contributed by atoms with van der Waals surface area (Å²) in [4.78, 5) is 22.1. The minimum atomic E-state index is -0.913. The van der Waals surface area contributed by atoms with Gasteiger partial charge in [0.25, 0.3) is 0 Å². The van der Waals surface area contributed by atoms with Crippen LogP contribution in [0.1, 0.15) is 35.2 Å². The monoisotopic (exact) mass is 218 g/mol. The van der Waals surface area contributed by atoms with Gasteiger partial charge in [0.15, 0.2) is 0 Å². The lowest BCUT2D eigenvalue weighted by Crippen LogP contribution is -2.09. The number of benzene rings is 1. The molecule has 0 spiro atoms. The van der Waals surface area contributed by atoms with Crippen LogP contribution in [0.4, 0.5) is 0 Å². The summed E-state index contributed by atoms with van der Waals surface area (Å²) in [5.74, 6) is -0.415. The number of carbonyl (C=O) groups is 2. The summed E-state index contributed by atoms with van der Waals surface area (Å²) in [5, 5.41) is 8.75. The minimum absolute atomic E-state index is 0.149. The quantitative estimate of drug-likeness (QED) is 0.846. The van der Waals surface area contributed by atoms with E-state index in [2.05, 4.69) is 0 Å². The van der Waals surface area contributed by atoms with Gasteiger partial charge in [-0.15, -0.1) is 0 Å². The first-order valence-electron chi connectivity index (χ1n) is 5.52. The Morgan fingerprint density at radius 3 is 2.50 bits per heavy atom. The van der Waals surface area contributed by atoms with Gasteiger partial charge in [0.1, 0.15) is 5.78 Å². The molecule has 3 nitrogen and oxygen atoms in total. The maximum absolute atomic E-state index is 11.5. The molecular formula is C13H14O3. The molecule has 0 bridgehead atoms. The highest BCUT2D eigenvalue weighted by atomic mass is 16.4. The summed E-state index contributed by atoms with van der Waals surface area (Å²) in [7, 11) is 0. The Kier molecular flexibility index (Phi) is 3.04. The van der Waals surface area contributed by atoms with Gasteiger partial charge < -0.3 is 5.11 Å². The van der Waals surface area contributed by atoms with Gasteiger partial charge in [0, 0.05) is 12.3 Å². The summed E-state index contributed by atoms with van der Waals surface area (Å²) in [6, 6.07) is 6.79. The lowest BCUT2D eigenvalue weighted by Gasteiger charge is -2.07. The van der Waals surface area contributed by atoms with Crippen LogP contribution in [-0.4, -0.2) is 16.9 Å². The zero-order valence-corrected chi connectivity index (χ0v) is 8.98. The average molecular weight is 218 g/mol. The van der Waals surface area contributed by atoms with Crippen molar-refractivity contribution in [3.8, 4) is 0 Å². The number of carboxylic acids is 1. The predicted octanol–water partition coefficient (Wildman–Crippen LogP) is 2.30. The van der Waals surface area contributed by atoms with E-state index in [1.54, 1.807) is 24.3 Å². The van der Waals surface area contributed by atoms with Crippen molar-refractivity contribution in [2.75, 3.05) is 0 Å². The standard InChI is InChI=1S/C13H14O3/c14-12-3-1-2-11(12)8-9-4-6-10(7-5-9)13(15)16/h4-7,11H,1-3,8H2,(H,15,16). The van der Waals surface area contributed by atoms with E-state index in [0.717, 1.165) is 24.8 Å². The first kappa shape index (κ1) is 10.9. The van der Waals surface area contributed by atoms with Crippen molar-refractivity contribution in [3.63, 3.8) is 0 Å². The third kappa shape index (κ3) is 2.30. The molecule has 1 saturated carbocycles. The second-order valence-electron chi connectivity index (χ2n) is 4.26. The van der Waals surface area contributed by atoms with Crippen LogP contribution >= 0.6 is 0 Å². The molecule has 1 aromatic carbocycles. The number of Topliss-reactive ketones (excluding diaryl/α,β-unsaturated/α-hetero) is 1. The Labute approximate surface area is 94.1 Å². The fourth-order valence-corrected chi connectivity index (χ4v) is 2.17. The molecule has 1 aliphatic rings. The van der Waals surface area contributed by atoms with E-state index < -0.39 is 5.97 Å². The Morgan fingerprint density at radius 2 is 2.00 bits per heavy atom. The first-order chi connectivity index (χ1) is 7.66. The third-order valence-corrected chi connectivity index (χ3v) is 3.11. The van der Waals surface area contributed by atoms with Crippen molar-refractivity contribution in [1.82, 2.24) is 0 Å². The van der Waals surface area contributed by atoms with Crippen molar-refractivity contribution in [3.05, 3.63) is 35.4 Å². The van der Waals surface area contributed by atoms with Crippen LogP contribution < -0.4 is 0 Å². The number of hydrogen-bond donors (Lipinski definition) is 1. The molecule has 2 rings (SSSR count). The van der Waals surface area contributed by atoms with Crippen LogP contribution in [0.2, 0.25) is 0 Å². The molecule has 0 heterocycles. The summed E-state index contributed by atoms with van der Waals surface area (Å²) in [6.45, 7) is 0. The number of carbonyl (C=O) groups excluding carboxylic acids is 1. The molecule has 0 saturated heterocycles. The summed E-state index contributed by atoms with van der Waals surface area (Å²) < 4.78 is 0. The first-order valence-corrected chi connectivity index (χ1v) is 5.52. The van der Waals surface area contributed by atoms with Gasteiger partial charge >= 0.3 is 5.97 Å². The lowest BCUT2D eigenvalue weighted by atomic mass is 9.96. The maximum atomic E-state index is 11.5. The van der Waals surface area contributed by atoms with Gasteiger partial charge in [-0.05, 0) is 37.0 Å². The van der Waals surface area contributed by atoms with Crippen molar-refractivity contribution in [2.24, 2.45) is 5.92 Å². The van der Waals surface area contributed by atoms with Crippen LogP contribution in [0.25, 0.3) is 0 Å². The zero-order chi connectivity index (χ0) is 11.5. The molecule has 0 radical (unpaired) electrons. The van der Waals surface area contributed by atoms with E-state index in [1.165, 1.54) is 0 Å². The number of aromatic carboxylic acids is 1. The van der Waals surface area contributed by atoms with Gasteiger partial charge in [0.05, 0.1) is 5.56 Å². The molecule has 0 aliphatic heterocycles. The Balaban J connectivity index is 2.05. The van der Waals surface area contributed by atoms with Gasteiger partial charge in [-0.3, -0.25) is 4.79 Å². The molecule has 1 N–H and O–H groups in total. The van der Waals surface area contributed by atoms with Crippen LogP contribution in [-0.2, 0) is 11.2 Å². The van der Waals surface area contributed by atoms with E-state index in [9.17, 15) is 9.59 Å². The van der Waals surface area contributed by atoms with E-state index in [-0.39, 0.29) is 5.92 Å². The second-order valence-corrected chi connectivity index (χ2v) is 4.26. The summed E-state index contributed by atoms with van der Waals surface area (Å²) in [6.07, 6.45) is 3.42. The zero-order valence-electron chi connectivity index (χ0n) is 8.98. The highest BCUT2D eigenvalue weighted by Crippen LogP contribution is 2.25. The molecule has 0 aromatic heterocycles. The van der Waals surface area contributed by atoms with Crippen LogP contribution in [0.5, 0.6) is 0 Å². The number of ketones is 1. The van der Waals surface area contributed by atoms with Crippen molar-refractivity contribution >= 4 is 11.8 Å². The van der Waals surface area contributed by atoms with E-state index in [0.29, 0.717) is 17.8 Å². The molecule has 3 heteroatoms. The number of hydrogen-bond acceptors (Lipinski definition) is 2. The highest BCUT2D eigenvalue weighted by Gasteiger charge is 2.24. The fourth-order valence-electron chi connectivity index (χ4n) is 2.17. The Hall–Kier alpha value is -1.64. The van der Waals surface area contributed by atoms with E-state index in [1.807, 2.05) is 0 Å². The van der Waals surface area contributed by atoms with Crippen molar-refractivity contribution in [1.29, 1.82) is 0 Å². The van der Waals surface area contributed by atoms with Gasteiger partial charge in [-0.1, -0.05) is 12.1 Å². The smallest absolute Gasteiger partial charge is 0.335 e. The average Bonchev–Trinajstić information content (AvgIpc) is 2.65. The molecule has 1 aromatic rings. The van der Waals surface area contributed by atoms with E-state index in [4.69, 9.17) is 5.11 Å². The van der Waals surface area contributed by atoms with Crippen molar-refractivity contribution in [2.45, 2.75) is 25.7 Å². The van der Waals surface area contributed by atoms with Crippen LogP contribution in [0.15, 0.2) is 24.3 Å². The largest absolute Gasteiger partial charge is 0.478 e. The molecule has 1 atom stereocenters. The van der Waals surface area contributed by atoms with Crippen LogP contribution in [0, 0.1) is 5.92 Å². The number of rotatable bonds is 3. The SMILES string of the molecule is O=C(O)c1ccc(CC2CCCC2=O)cc1. The van der Waals surface area contributed by atoms with Gasteiger partial charge in [0.2, 0.25) is 0 Å². The topological polar surface area (TPSA) is 54.4 Å². The number of carboxylic acid groups (broad SMARTS) is 1. The van der Waals surface area contributed by atoms with Gasteiger partial charge in [-0.2, -0.15) is 0 Å². The minimum Gasteiger partial charge on any atom is -0.478 e.